The molecule has 0 aliphatic carbocycles. The van der Waals surface area contributed by atoms with Crippen LogP contribution in [0.25, 0.3) is 0 Å². The second kappa shape index (κ2) is 4.23. The number of hydrogen-bond donors (Lipinski definition) is 2. The van der Waals surface area contributed by atoms with Gasteiger partial charge in [-0.1, -0.05) is 18.2 Å². The van der Waals surface area contributed by atoms with E-state index in [9.17, 15) is 14.2 Å². The molecule has 0 spiro atoms. The van der Waals surface area contributed by atoms with E-state index in [0.717, 1.165) is 5.56 Å². The molecule has 2 rings (SSSR count). The van der Waals surface area contributed by atoms with Crippen LogP contribution < -0.4 is 5.46 Å². The summed E-state index contributed by atoms with van der Waals surface area (Å²) in [5.74, 6) is -1.49. The Labute approximate surface area is 91.8 Å². The van der Waals surface area contributed by atoms with Gasteiger partial charge in [0.2, 0.25) is 6.17 Å². The van der Waals surface area contributed by atoms with E-state index in [2.05, 4.69) is 0 Å². The minimum absolute atomic E-state index is 0.251. The van der Waals surface area contributed by atoms with Crippen LogP contribution in [-0.4, -0.2) is 29.4 Å². The average Bonchev–Trinajstić information content (AvgIpc) is 2.61. The molecular weight excluding hydrogens is 214 g/mol. The molecule has 0 saturated heterocycles. The van der Waals surface area contributed by atoms with Crippen molar-refractivity contribution in [2.24, 2.45) is 0 Å². The van der Waals surface area contributed by atoms with Gasteiger partial charge in [0.15, 0.2) is 0 Å². The van der Waals surface area contributed by atoms with Gasteiger partial charge in [-0.15, -0.1) is 0 Å². The Morgan fingerprint density at radius 2 is 2.38 bits per heavy atom. The molecule has 1 unspecified atom stereocenters. The Morgan fingerprint density at radius 1 is 1.62 bits per heavy atom. The van der Waals surface area contributed by atoms with Crippen molar-refractivity contribution in [1.29, 1.82) is 0 Å². The van der Waals surface area contributed by atoms with Crippen molar-refractivity contribution in [1.82, 2.24) is 0 Å². The Kier molecular flexibility index (Phi) is 2.94. The Balaban J connectivity index is 2.29. The number of fused-ring (bicyclic) bond motifs is 1. The monoisotopic (exact) mass is 224 g/mol. The van der Waals surface area contributed by atoms with Gasteiger partial charge in [0, 0.05) is 6.42 Å². The third kappa shape index (κ3) is 1.94. The Morgan fingerprint density at radius 3 is 3.06 bits per heavy atom. The highest BCUT2D eigenvalue weighted by Gasteiger charge is 2.31. The zero-order valence-electron chi connectivity index (χ0n) is 8.39. The summed E-state index contributed by atoms with van der Waals surface area (Å²) in [5, 5.41) is 18.0. The van der Waals surface area contributed by atoms with E-state index < -0.39 is 19.3 Å². The molecule has 1 aliphatic rings. The molecule has 1 aliphatic heterocycles. The van der Waals surface area contributed by atoms with Crippen LogP contribution in [0.1, 0.15) is 11.1 Å². The molecule has 2 N–H and O–H groups in total. The van der Waals surface area contributed by atoms with Gasteiger partial charge in [0.25, 0.3) is 0 Å². The largest absolute Gasteiger partial charge is 0.492 e. The predicted octanol–water partition coefficient (Wildman–Crippen LogP) is -0.131. The topological polar surface area (TPSA) is 66.8 Å². The molecule has 0 amide bonds. The van der Waals surface area contributed by atoms with Gasteiger partial charge in [0.05, 0.1) is 6.61 Å². The number of carboxylic acid groups (broad SMARTS) is 1. The van der Waals surface area contributed by atoms with Crippen LogP contribution in [0, 0.1) is 0 Å². The lowest BCUT2D eigenvalue weighted by Gasteiger charge is -2.08. The minimum atomic E-state index is -1.96. The van der Waals surface area contributed by atoms with Crippen LogP contribution in [0.2, 0.25) is 0 Å². The van der Waals surface area contributed by atoms with Crippen molar-refractivity contribution in [3.8, 4) is 0 Å². The fourth-order valence-corrected chi connectivity index (χ4v) is 1.82. The average molecular weight is 224 g/mol. The molecule has 6 heteroatoms. The van der Waals surface area contributed by atoms with Crippen molar-refractivity contribution in [2.45, 2.75) is 19.2 Å². The number of halogens is 1. The van der Waals surface area contributed by atoms with E-state index in [1.54, 1.807) is 18.2 Å². The first-order valence-electron chi connectivity index (χ1n) is 4.87. The molecule has 84 valence electrons. The highest BCUT2D eigenvalue weighted by Crippen LogP contribution is 2.14. The zero-order chi connectivity index (χ0) is 11.7. The lowest BCUT2D eigenvalue weighted by Crippen LogP contribution is -2.33. The first-order valence-corrected chi connectivity index (χ1v) is 4.87. The van der Waals surface area contributed by atoms with Crippen LogP contribution in [0.3, 0.4) is 0 Å². The number of alkyl halides is 1. The number of aliphatic carboxylic acids is 1. The van der Waals surface area contributed by atoms with Gasteiger partial charge in [-0.2, -0.15) is 0 Å². The van der Waals surface area contributed by atoms with Crippen LogP contribution in [0.15, 0.2) is 18.2 Å². The number of hydrogen-bond acceptors (Lipinski definition) is 3. The molecule has 16 heavy (non-hydrogen) atoms. The van der Waals surface area contributed by atoms with Crippen molar-refractivity contribution < 1.29 is 24.0 Å². The van der Waals surface area contributed by atoms with E-state index in [0.29, 0.717) is 11.0 Å². The fraction of sp³-hybridized carbons (Fsp3) is 0.300. The molecule has 0 radical (unpaired) electrons. The maximum Gasteiger partial charge on any atom is 0.492 e. The van der Waals surface area contributed by atoms with E-state index in [1.165, 1.54) is 0 Å². The summed E-state index contributed by atoms with van der Waals surface area (Å²) >= 11 is 0. The quantitative estimate of drug-likeness (QED) is 0.701. The Hall–Kier alpha value is -1.40. The molecule has 0 bridgehead atoms. The van der Waals surface area contributed by atoms with Crippen molar-refractivity contribution in [3.63, 3.8) is 0 Å². The molecule has 4 nitrogen and oxygen atoms in total. The summed E-state index contributed by atoms with van der Waals surface area (Å²) in [6, 6.07) is 5.07. The molecule has 1 heterocycles. The van der Waals surface area contributed by atoms with Gasteiger partial charge in [0.1, 0.15) is 0 Å². The zero-order valence-corrected chi connectivity index (χ0v) is 8.39. The number of carbonyl (C=O) groups is 1. The van der Waals surface area contributed by atoms with Gasteiger partial charge in [-0.25, -0.2) is 9.18 Å². The van der Waals surface area contributed by atoms with Gasteiger partial charge >= 0.3 is 13.1 Å². The van der Waals surface area contributed by atoms with Gasteiger partial charge in [-0.05, 0) is 16.6 Å². The SMILES string of the molecule is O=C(O)C(F)Cc1cccc2c1B(O)OC2. The molecule has 0 aromatic heterocycles. The number of rotatable bonds is 3. The third-order valence-corrected chi connectivity index (χ3v) is 2.60. The number of carboxylic acids is 1. The van der Waals surface area contributed by atoms with E-state index in [1.807, 2.05) is 0 Å². The summed E-state index contributed by atoms with van der Waals surface area (Å²) in [7, 11) is -1.08. The smallest absolute Gasteiger partial charge is 0.479 e. The summed E-state index contributed by atoms with van der Waals surface area (Å²) in [6.07, 6.45) is -2.21. The normalized spacial score (nSPS) is 16.0. The number of benzene rings is 1. The molecule has 1 atom stereocenters. The predicted molar refractivity (Wildman–Crippen MR) is 55.1 cm³/mol. The van der Waals surface area contributed by atoms with E-state index in [4.69, 9.17) is 9.76 Å². The summed E-state index contributed by atoms with van der Waals surface area (Å²) < 4.78 is 18.1. The van der Waals surface area contributed by atoms with E-state index >= 15 is 0 Å². The van der Waals surface area contributed by atoms with Crippen molar-refractivity contribution in [2.75, 3.05) is 0 Å². The van der Waals surface area contributed by atoms with Crippen LogP contribution in [0.5, 0.6) is 0 Å². The Bertz CT molecular complexity index is 423. The van der Waals surface area contributed by atoms with Crippen LogP contribution in [0.4, 0.5) is 4.39 Å². The maximum absolute atomic E-state index is 13.1. The van der Waals surface area contributed by atoms with Crippen LogP contribution in [-0.2, 0) is 22.5 Å². The molecule has 0 fully saturated rings. The lowest BCUT2D eigenvalue weighted by molar-refractivity contribution is -0.142. The minimum Gasteiger partial charge on any atom is -0.479 e. The van der Waals surface area contributed by atoms with Gasteiger partial charge in [-0.3, -0.25) is 0 Å². The molecular formula is C10H10BFO4. The second-order valence-electron chi connectivity index (χ2n) is 3.66. The highest BCUT2D eigenvalue weighted by atomic mass is 19.1. The highest BCUT2D eigenvalue weighted by molar-refractivity contribution is 6.62. The standard InChI is InChI=1S/C10H10BFO4/c12-8(10(13)14)4-6-2-1-3-7-5-16-11(15)9(6)7/h1-3,8,15H,4-5H2,(H,13,14). The maximum atomic E-state index is 13.1. The summed E-state index contributed by atoms with van der Waals surface area (Å²) in [6.45, 7) is 0.272. The molecule has 0 saturated carbocycles. The second-order valence-corrected chi connectivity index (χ2v) is 3.66. The third-order valence-electron chi connectivity index (χ3n) is 2.60. The summed E-state index contributed by atoms with van der Waals surface area (Å²) in [5.41, 5.74) is 1.77. The van der Waals surface area contributed by atoms with Crippen LogP contribution >= 0.6 is 0 Å². The lowest BCUT2D eigenvalue weighted by atomic mass is 9.75. The van der Waals surface area contributed by atoms with Crippen molar-refractivity contribution >= 4 is 18.6 Å². The fourth-order valence-electron chi connectivity index (χ4n) is 1.82. The summed E-state index contributed by atoms with van der Waals surface area (Å²) in [4.78, 5) is 10.4. The van der Waals surface area contributed by atoms with E-state index in [-0.39, 0.29) is 13.0 Å². The molecule has 1 aromatic rings. The first kappa shape index (κ1) is 11.1. The van der Waals surface area contributed by atoms with Gasteiger partial charge < -0.3 is 14.8 Å². The van der Waals surface area contributed by atoms with Crippen molar-refractivity contribution in [3.05, 3.63) is 29.3 Å². The first-order chi connectivity index (χ1) is 7.59. The molecule has 1 aromatic carbocycles.